The molecule has 0 spiro atoms. The van der Waals surface area contributed by atoms with Gasteiger partial charge in [0.25, 0.3) is 5.91 Å². The van der Waals surface area contributed by atoms with Crippen molar-refractivity contribution in [2.24, 2.45) is 7.05 Å². The van der Waals surface area contributed by atoms with Crippen molar-refractivity contribution in [3.05, 3.63) is 62.0 Å². The van der Waals surface area contributed by atoms with Crippen molar-refractivity contribution in [3.8, 4) is 11.5 Å². The number of aryl methyl sites for hydroxylation is 2. The zero-order valence-corrected chi connectivity index (χ0v) is 18.6. The van der Waals surface area contributed by atoms with Crippen LogP contribution in [0.1, 0.15) is 26.5 Å². The molecular formula is C20H22BrN3O3S. The monoisotopic (exact) mass is 463 g/mol. The Bertz CT molecular complexity index is 963. The van der Waals surface area contributed by atoms with Crippen molar-refractivity contribution < 1.29 is 14.3 Å². The standard InChI is InChI=1S/C20H22BrN3O3S/c1-13-5-6-17(18(7-13)26-4)27-11-14-8-19(28-12-14)20(25)23(2)10-16-15(21)9-22-24(16)3/h5-9,12H,10-11H2,1-4H3. The van der Waals surface area contributed by atoms with Gasteiger partial charge in [-0.1, -0.05) is 6.07 Å². The van der Waals surface area contributed by atoms with Gasteiger partial charge in [-0.2, -0.15) is 5.10 Å². The summed E-state index contributed by atoms with van der Waals surface area (Å²) in [6.45, 7) is 2.85. The third-order valence-electron chi connectivity index (χ3n) is 4.32. The maximum Gasteiger partial charge on any atom is 0.264 e. The number of hydrogen-bond acceptors (Lipinski definition) is 5. The molecule has 148 valence electrons. The Hall–Kier alpha value is -2.32. The lowest BCUT2D eigenvalue weighted by Gasteiger charge is -2.16. The number of halogens is 1. The third-order valence-corrected chi connectivity index (χ3v) is 5.95. The second kappa shape index (κ2) is 8.79. The predicted molar refractivity (Wildman–Crippen MR) is 113 cm³/mol. The van der Waals surface area contributed by atoms with Crippen LogP contribution in [0.25, 0.3) is 0 Å². The molecule has 6 nitrogen and oxygen atoms in total. The smallest absolute Gasteiger partial charge is 0.264 e. The predicted octanol–water partition coefficient (Wildman–Crippen LogP) is 4.41. The number of benzene rings is 1. The fraction of sp³-hybridized carbons (Fsp3) is 0.300. The molecule has 8 heteroatoms. The van der Waals surface area contributed by atoms with E-state index in [-0.39, 0.29) is 5.91 Å². The highest BCUT2D eigenvalue weighted by molar-refractivity contribution is 9.10. The second-order valence-corrected chi connectivity index (χ2v) is 8.25. The van der Waals surface area contributed by atoms with Gasteiger partial charge in [0, 0.05) is 19.7 Å². The highest BCUT2D eigenvalue weighted by Crippen LogP contribution is 2.29. The number of rotatable bonds is 7. The number of ether oxygens (including phenoxy) is 2. The van der Waals surface area contributed by atoms with Gasteiger partial charge in [-0.05, 0) is 52.0 Å². The number of nitrogens with zero attached hydrogens (tertiary/aromatic N) is 3. The average Bonchev–Trinajstić information content (AvgIpc) is 3.28. The summed E-state index contributed by atoms with van der Waals surface area (Å²) in [6.07, 6.45) is 1.73. The summed E-state index contributed by atoms with van der Waals surface area (Å²) < 4.78 is 13.9. The molecule has 1 amide bonds. The molecule has 0 aliphatic carbocycles. The first-order valence-electron chi connectivity index (χ1n) is 8.65. The highest BCUT2D eigenvalue weighted by atomic mass is 79.9. The number of carbonyl (C=O) groups is 1. The van der Waals surface area contributed by atoms with E-state index in [2.05, 4.69) is 21.0 Å². The van der Waals surface area contributed by atoms with Crippen LogP contribution in [-0.4, -0.2) is 34.7 Å². The summed E-state index contributed by atoms with van der Waals surface area (Å²) in [5, 5.41) is 6.13. The summed E-state index contributed by atoms with van der Waals surface area (Å²) in [6, 6.07) is 7.68. The largest absolute Gasteiger partial charge is 0.493 e. The summed E-state index contributed by atoms with van der Waals surface area (Å²) in [5.74, 6) is 1.36. The normalized spacial score (nSPS) is 10.8. The molecule has 0 bridgehead atoms. The van der Waals surface area contributed by atoms with Crippen molar-refractivity contribution in [1.29, 1.82) is 0 Å². The minimum Gasteiger partial charge on any atom is -0.493 e. The molecule has 2 aromatic heterocycles. The van der Waals surface area contributed by atoms with Gasteiger partial charge >= 0.3 is 0 Å². The Morgan fingerprint density at radius 3 is 2.79 bits per heavy atom. The molecular weight excluding hydrogens is 442 g/mol. The van der Waals surface area contributed by atoms with E-state index in [4.69, 9.17) is 9.47 Å². The first-order valence-corrected chi connectivity index (χ1v) is 10.3. The molecule has 3 aromatic rings. The Morgan fingerprint density at radius 2 is 2.11 bits per heavy atom. The number of aromatic nitrogens is 2. The van der Waals surface area contributed by atoms with E-state index in [1.165, 1.54) is 11.3 Å². The maximum atomic E-state index is 12.7. The molecule has 2 heterocycles. The lowest BCUT2D eigenvalue weighted by atomic mass is 10.2. The van der Waals surface area contributed by atoms with Crippen molar-refractivity contribution in [2.45, 2.75) is 20.1 Å². The van der Waals surface area contributed by atoms with Crippen LogP contribution in [0.2, 0.25) is 0 Å². The molecule has 3 rings (SSSR count). The van der Waals surface area contributed by atoms with Gasteiger partial charge < -0.3 is 14.4 Å². The first-order chi connectivity index (χ1) is 13.4. The molecule has 0 unspecified atom stereocenters. The van der Waals surface area contributed by atoms with Crippen LogP contribution in [0, 0.1) is 6.92 Å². The van der Waals surface area contributed by atoms with Crippen molar-refractivity contribution in [3.63, 3.8) is 0 Å². The molecule has 0 radical (unpaired) electrons. The van der Waals surface area contributed by atoms with Crippen LogP contribution in [0.15, 0.2) is 40.3 Å². The van der Waals surface area contributed by atoms with Gasteiger partial charge in [-0.3, -0.25) is 9.48 Å². The molecule has 28 heavy (non-hydrogen) atoms. The van der Waals surface area contributed by atoms with E-state index in [0.717, 1.165) is 21.3 Å². The van der Waals surface area contributed by atoms with Gasteiger partial charge in [0.05, 0.1) is 34.9 Å². The molecule has 0 fully saturated rings. The van der Waals surface area contributed by atoms with E-state index < -0.39 is 0 Å². The Labute approximate surface area is 176 Å². The lowest BCUT2D eigenvalue weighted by molar-refractivity contribution is 0.0786. The van der Waals surface area contributed by atoms with Gasteiger partial charge in [-0.15, -0.1) is 11.3 Å². The summed E-state index contributed by atoms with van der Waals surface area (Å²) >= 11 is 4.89. The van der Waals surface area contributed by atoms with Crippen LogP contribution >= 0.6 is 27.3 Å². The summed E-state index contributed by atoms with van der Waals surface area (Å²) in [7, 11) is 5.27. The molecule has 1 aromatic carbocycles. The van der Waals surface area contributed by atoms with Gasteiger partial charge in [0.2, 0.25) is 0 Å². The Morgan fingerprint density at radius 1 is 1.32 bits per heavy atom. The second-order valence-electron chi connectivity index (χ2n) is 6.49. The van der Waals surface area contributed by atoms with Crippen molar-refractivity contribution in [1.82, 2.24) is 14.7 Å². The lowest BCUT2D eigenvalue weighted by Crippen LogP contribution is -2.26. The zero-order valence-electron chi connectivity index (χ0n) is 16.2. The van der Waals surface area contributed by atoms with E-state index >= 15 is 0 Å². The summed E-state index contributed by atoms with van der Waals surface area (Å²) in [4.78, 5) is 15.1. The molecule has 0 aliphatic rings. The van der Waals surface area contributed by atoms with E-state index in [1.807, 2.05) is 43.6 Å². The number of carbonyl (C=O) groups excluding carboxylic acids is 1. The molecule has 0 saturated carbocycles. The minimum atomic E-state index is -0.0303. The van der Waals surface area contributed by atoms with Gasteiger partial charge in [0.1, 0.15) is 6.61 Å². The van der Waals surface area contributed by atoms with Crippen LogP contribution in [0.3, 0.4) is 0 Å². The highest BCUT2D eigenvalue weighted by Gasteiger charge is 2.17. The van der Waals surface area contributed by atoms with E-state index in [0.29, 0.717) is 29.5 Å². The SMILES string of the molecule is COc1cc(C)ccc1OCc1csc(C(=O)N(C)Cc2c(Br)cnn2C)c1. The van der Waals surface area contributed by atoms with Crippen LogP contribution < -0.4 is 9.47 Å². The number of amides is 1. The zero-order chi connectivity index (χ0) is 20.3. The Balaban J connectivity index is 1.64. The Kier molecular flexibility index (Phi) is 6.41. The first kappa shape index (κ1) is 20.4. The summed E-state index contributed by atoms with van der Waals surface area (Å²) in [5.41, 5.74) is 3.00. The van der Waals surface area contributed by atoms with Crippen LogP contribution in [0.5, 0.6) is 11.5 Å². The van der Waals surface area contributed by atoms with E-state index in [9.17, 15) is 4.79 Å². The van der Waals surface area contributed by atoms with Crippen molar-refractivity contribution in [2.75, 3.05) is 14.2 Å². The number of hydrogen-bond donors (Lipinski definition) is 0. The quantitative estimate of drug-likeness (QED) is 0.520. The maximum absolute atomic E-state index is 12.7. The number of methoxy groups -OCH3 is 1. The minimum absolute atomic E-state index is 0.0303. The fourth-order valence-electron chi connectivity index (χ4n) is 2.72. The molecule has 0 N–H and O–H groups in total. The number of thiophene rings is 1. The topological polar surface area (TPSA) is 56.6 Å². The van der Waals surface area contributed by atoms with E-state index in [1.54, 1.807) is 29.9 Å². The van der Waals surface area contributed by atoms with Crippen molar-refractivity contribution >= 4 is 33.2 Å². The van der Waals surface area contributed by atoms with Crippen LogP contribution in [0.4, 0.5) is 0 Å². The fourth-order valence-corrected chi connectivity index (χ4v) is 4.08. The van der Waals surface area contributed by atoms with Gasteiger partial charge in [-0.25, -0.2) is 0 Å². The average molecular weight is 464 g/mol. The molecule has 0 atom stereocenters. The third kappa shape index (κ3) is 4.56. The molecule has 0 saturated heterocycles. The molecule has 0 aliphatic heterocycles. The van der Waals surface area contributed by atoms with Crippen LogP contribution in [-0.2, 0) is 20.2 Å². The van der Waals surface area contributed by atoms with Gasteiger partial charge in [0.15, 0.2) is 11.5 Å².